The predicted octanol–water partition coefficient (Wildman–Crippen LogP) is 3.19. The number of thiophene rings is 1. The third-order valence-electron chi connectivity index (χ3n) is 4.12. The summed E-state index contributed by atoms with van der Waals surface area (Å²) >= 11 is 0.963. The second-order valence-electron chi connectivity index (χ2n) is 6.05. The molecule has 1 atom stereocenters. The van der Waals surface area contributed by atoms with Crippen molar-refractivity contribution in [3.63, 3.8) is 0 Å². The number of carbonyl (C=O) groups excluding carboxylic acids is 3. The minimum Gasteiger partial charge on any atom is -0.485 e. The van der Waals surface area contributed by atoms with Crippen LogP contribution in [0.15, 0.2) is 24.3 Å². The fourth-order valence-corrected chi connectivity index (χ4v) is 3.87. The molecule has 9 heteroatoms. The Morgan fingerprint density at radius 3 is 2.45 bits per heavy atom. The third kappa shape index (κ3) is 4.34. The molecule has 1 aromatic heterocycles. The first-order valence-corrected chi connectivity index (χ1v) is 9.94. The van der Waals surface area contributed by atoms with Crippen LogP contribution in [0.4, 0.5) is 5.00 Å². The van der Waals surface area contributed by atoms with Gasteiger partial charge in [0.05, 0.1) is 18.8 Å². The van der Waals surface area contributed by atoms with E-state index in [-0.39, 0.29) is 35.3 Å². The summed E-state index contributed by atoms with van der Waals surface area (Å²) in [6.07, 6.45) is -0.909. The van der Waals surface area contributed by atoms with Crippen molar-refractivity contribution in [2.45, 2.75) is 26.9 Å². The molecule has 1 aliphatic rings. The van der Waals surface area contributed by atoms with E-state index in [4.69, 9.17) is 18.9 Å². The minimum absolute atomic E-state index is 0.0205. The summed E-state index contributed by atoms with van der Waals surface area (Å²) < 4.78 is 21.4. The van der Waals surface area contributed by atoms with Crippen LogP contribution in [0.25, 0.3) is 0 Å². The summed E-state index contributed by atoms with van der Waals surface area (Å²) in [6.45, 7) is 5.35. The molecular weight excluding hydrogens is 398 g/mol. The van der Waals surface area contributed by atoms with Crippen molar-refractivity contribution < 1.29 is 33.3 Å². The van der Waals surface area contributed by atoms with E-state index in [1.165, 1.54) is 0 Å². The molecule has 0 bridgehead atoms. The normalized spacial score (nSPS) is 14.8. The lowest BCUT2D eigenvalue weighted by Gasteiger charge is -2.25. The van der Waals surface area contributed by atoms with E-state index in [0.29, 0.717) is 17.1 Å². The van der Waals surface area contributed by atoms with Gasteiger partial charge in [0.1, 0.15) is 16.5 Å². The Morgan fingerprint density at radius 2 is 1.76 bits per heavy atom. The number of carbonyl (C=O) groups is 3. The fraction of sp³-hybridized carbons (Fsp3) is 0.350. The Kier molecular flexibility index (Phi) is 6.38. The van der Waals surface area contributed by atoms with Crippen molar-refractivity contribution in [2.75, 3.05) is 25.1 Å². The van der Waals surface area contributed by atoms with Gasteiger partial charge in [-0.25, -0.2) is 9.59 Å². The number of fused-ring (bicyclic) bond motifs is 1. The predicted molar refractivity (Wildman–Crippen MR) is 106 cm³/mol. The highest BCUT2D eigenvalue weighted by Gasteiger charge is 2.31. The molecule has 0 unspecified atom stereocenters. The number of hydrogen-bond donors (Lipinski definition) is 1. The molecule has 0 spiro atoms. The third-order valence-corrected chi connectivity index (χ3v) is 5.31. The zero-order chi connectivity index (χ0) is 21.0. The Balaban J connectivity index is 1.85. The molecular formula is C20H21NO7S. The van der Waals surface area contributed by atoms with Gasteiger partial charge < -0.3 is 24.3 Å². The molecule has 1 amide bonds. The van der Waals surface area contributed by atoms with Crippen molar-refractivity contribution in [1.29, 1.82) is 0 Å². The summed E-state index contributed by atoms with van der Waals surface area (Å²) in [5.74, 6) is -0.674. The van der Waals surface area contributed by atoms with Crippen LogP contribution in [0, 0.1) is 6.92 Å². The second kappa shape index (κ2) is 8.95. The van der Waals surface area contributed by atoms with Gasteiger partial charge >= 0.3 is 11.9 Å². The van der Waals surface area contributed by atoms with Crippen molar-refractivity contribution >= 4 is 34.2 Å². The van der Waals surface area contributed by atoms with Crippen molar-refractivity contribution in [1.82, 2.24) is 0 Å². The maximum atomic E-state index is 12.7. The molecule has 1 aromatic carbocycles. The molecule has 29 heavy (non-hydrogen) atoms. The molecule has 0 aliphatic carbocycles. The lowest BCUT2D eigenvalue weighted by Crippen LogP contribution is -2.40. The Morgan fingerprint density at radius 1 is 1.10 bits per heavy atom. The molecule has 154 valence electrons. The van der Waals surface area contributed by atoms with Gasteiger partial charge in [0.25, 0.3) is 5.91 Å². The average molecular weight is 419 g/mol. The van der Waals surface area contributed by atoms with E-state index >= 15 is 0 Å². The number of rotatable bonds is 6. The molecule has 2 aromatic rings. The number of para-hydroxylation sites is 2. The second-order valence-corrected chi connectivity index (χ2v) is 7.08. The topological polar surface area (TPSA) is 100 Å². The number of hydrogen-bond acceptors (Lipinski definition) is 8. The van der Waals surface area contributed by atoms with Crippen LogP contribution in [0.2, 0.25) is 0 Å². The Bertz CT molecular complexity index is 937. The molecule has 0 saturated heterocycles. The first-order chi connectivity index (χ1) is 14.0. The number of amides is 1. The van der Waals surface area contributed by atoms with Crippen LogP contribution >= 0.6 is 11.3 Å². The van der Waals surface area contributed by atoms with Crippen LogP contribution in [0.5, 0.6) is 11.5 Å². The highest BCUT2D eigenvalue weighted by Crippen LogP contribution is 2.35. The van der Waals surface area contributed by atoms with Gasteiger partial charge in [0, 0.05) is 0 Å². The summed E-state index contributed by atoms with van der Waals surface area (Å²) in [7, 11) is 0. The maximum absolute atomic E-state index is 12.7. The molecule has 0 fully saturated rings. The smallest absolute Gasteiger partial charge is 0.348 e. The van der Waals surface area contributed by atoms with Gasteiger partial charge in [0.15, 0.2) is 11.5 Å². The summed E-state index contributed by atoms with van der Waals surface area (Å²) in [6, 6.07) is 7.03. The lowest BCUT2D eigenvalue weighted by atomic mass is 10.1. The molecule has 1 N–H and O–H groups in total. The molecule has 2 heterocycles. The SMILES string of the molecule is CCOC(=O)c1sc(NC(=O)[C@H]2COc3ccccc3O2)c(C(=O)OCC)c1C. The first kappa shape index (κ1) is 20.7. The van der Waals surface area contributed by atoms with Crippen LogP contribution in [0.3, 0.4) is 0 Å². The van der Waals surface area contributed by atoms with Crippen molar-refractivity contribution in [3.8, 4) is 11.5 Å². The van der Waals surface area contributed by atoms with E-state index in [2.05, 4.69) is 5.32 Å². The van der Waals surface area contributed by atoms with Gasteiger partial charge in [-0.3, -0.25) is 4.79 Å². The minimum atomic E-state index is -0.909. The van der Waals surface area contributed by atoms with Crippen LogP contribution in [-0.2, 0) is 14.3 Å². The standard InChI is InChI=1S/C20H21NO7S/c1-4-25-19(23)15-11(3)16(20(24)26-5-2)29-18(15)21-17(22)14-10-27-12-8-6-7-9-13(12)28-14/h6-9,14H,4-5,10H2,1-3H3,(H,21,22)/t14-/m1/s1. The highest BCUT2D eigenvalue weighted by atomic mass is 32.1. The molecule has 0 radical (unpaired) electrons. The fourth-order valence-electron chi connectivity index (χ4n) is 2.78. The van der Waals surface area contributed by atoms with E-state index < -0.39 is 23.9 Å². The van der Waals surface area contributed by atoms with Crippen LogP contribution in [0.1, 0.15) is 39.4 Å². The number of benzene rings is 1. The Hall–Kier alpha value is -3.07. The van der Waals surface area contributed by atoms with E-state index in [9.17, 15) is 14.4 Å². The summed E-state index contributed by atoms with van der Waals surface area (Å²) in [5, 5.41) is 2.88. The quantitative estimate of drug-likeness (QED) is 0.718. The molecule has 3 rings (SSSR count). The highest BCUT2D eigenvalue weighted by molar-refractivity contribution is 7.18. The van der Waals surface area contributed by atoms with Crippen LogP contribution in [-0.4, -0.2) is 43.8 Å². The lowest BCUT2D eigenvalue weighted by molar-refractivity contribution is -0.125. The van der Waals surface area contributed by atoms with E-state index in [1.807, 2.05) is 0 Å². The first-order valence-electron chi connectivity index (χ1n) is 9.13. The number of esters is 2. The summed E-state index contributed by atoms with van der Waals surface area (Å²) in [5.41, 5.74) is 0.527. The summed E-state index contributed by atoms with van der Waals surface area (Å²) in [4.78, 5) is 37.6. The van der Waals surface area contributed by atoms with Crippen LogP contribution < -0.4 is 14.8 Å². The van der Waals surface area contributed by atoms with Crippen molar-refractivity contribution in [2.24, 2.45) is 0 Å². The van der Waals surface area contributed by atoms with Gasteiger partial charge in [-0.05, 0) is 38.5 Å². The Labute approximate surface area is 171 Å². The van der Waals surface area contributed by atoms with Gasteiger partial charge in [-0.15, -0.1) is 11.3 Å². The zero-order valence-electron chi connectivity index (χ0n) is 16.3. The van der Waals surface area contributed by atoms with Gasteiger partial charge in [-0.1, -0.05) is 12.1 Å². The average Bonchev–Trinajstić information content (AvgIpc) is 3.04. The molecule has 1 aliphatic heterocycles. The zero-order valence-corrected chi connectivity index (χ0v) is 17.1. The number of anilines is 1. The van der Waals surface area contributed by atoms with Gasteiger partial charge in [0.2, 0.25) is 6.10 Å². The largest absolute Gasteiger partial charge is 0.485 e. The van der Waals surface area contributed by atoms with Gasteiger partial charge in [-0.2, -0.15) is 0 Å². The monoisotopic (exact) mass is 419 g/mol. The number of nitrogens with one attached hydrogen (secondary N) is 1. The van der Waals surface area contributed by atoms with E-state index in [1.54, 1.807) is 45.0 Å². The molecule has 8 nitrogen and oxygen atoms in total. The maximum Gasteiger partial charge on any atom is 0.348 e. The molecule has 0 saturated carbocycles. The van der Waals surface area contributed by atoms with Crippen molar-refractivity contribution in [3.05, 3.63) is 40.3 Å². The van der Waals surface area contributed by atoms with E-state index in [0.717, 1.165) is 11.3 Å². The number of ether oxygens (including phenoxy) is 4.